The van der Waals surface area contributed by atoms with E-state index < -0.39 is 58.7 Å². The molecule has 20 nitrogen and oxygen atoms in total. The number of carbonyl (C=O) groups excluding carboxylic acids is 5. The maximum atomic E-state index is 14.0. The number of hydrogen-bond donors (Lipinski definition) is 1. The molecule has 2 saturated heterocycles. The third-order valence-electron chi connectivity index (χ3n) is 11.5. The molecule has 69 heavy (non-hydrogen) atoms. The number of nitro groups is 1. The molecule has 2 aromatic carbocycles. The molecular weight excluding hydrogens is 937 g/mol. The van der Waals surface area contributed by atoms with E-state index in [1.54, 1.807) is 20.8 Å². The first-order chi connectivity index (χ1) is 32.8. The van der Waals surface area contributed by atoms with Crippen LogP contribution in [0.3, 0.4) is 0 Å². The Morgan fingerprint density at radius 3 is 2.06 bits per heavy atom. The number of ether oxygens (including phenoxy) is 6. The number of unbranched alkanes of at least 4 members (excludes halogenated alkanes) is 2. The third-order valence-corrected chi connectivity index (χ3v) is 14.2. The summed E-state index contributed by atoms with van der Waals surface area (Å²) >= 11 is 0. The van der Waals surface area contributed by atoms with Crippen molar-refractivity contribution in [1.29, 1.82) is 0 Å². The molecule has 0 radical (unpaired) electrons. The number of hydrogen-bond acceptors (Lipinski definition) is 17. The quantitative estimate of drug-likeness (QED) is 0.0480. The molecule has 0 unspecified atom stereocenters. The smallest absolute Gasteiger partial charge is 0.421 e. The molecule has 1 N–H and O–H groups in total. The topological polar surface area (TPSA) is 230 Å². The zero-order chi connectivity index (χ0) is 49.9. The second-order valence-corrected chi connectivity index (χ2v) is 20.4. The minimum Gasteiger partial charge on any atom is -0.493 e. The fourth-order valence-electron chi connectivity index (χ4n) is 8.21. The number of aromatic nitrogens is 1. The van der Waals surface area contributed by atoms with Crippen LogP contribution < -0.4 is 28.7 Å². The van der Waals surface area contributed by atoms with E-state index in [0.29, 0.717) is 35.4 Å². The van der Waals surface area contributed by atoms with Crippen molar-refractivity contribution in [2.24, 2.45) is 0 Å². The summed E-state index contributed by atoms with van der Waals surface area (Å²) in [6, 6.07) is 7.01. The van der Waals surface area contributed by atoms with E-state index >= 15 is 0 Å². The number of amides is 5. The van der Waals surface area contributed by atoms with Gasteiger partial charge in [-0.25, -0.2) is 24.4 Å². The number of carbonyl (C=O) groups is 5. The van der Waals surface area contributed by atoms with Crippen LogP contribution in [0, 0.1) is 10.1 Å². The number of methoxy groups -OCH3 is 2. The Balaban J connectivity index is 1.01. The number of rotatable bonds is 16. The lowest BCUT2D eigenvalue weighted by Crippen LogP contribution is -2.51. The molecule has 5 heterocycles. The van der Waals surface area contributed by atoms with Crippen LogP contribution in [0.4, 0.5) is 26.7 Å². The number of imide groups is 1. The van der Waals surface area contributed by atoms with Crippen molar-refractivity contribution in [1.82, 2.24) is 14.8 Å². The Labute approximate surface area is 406 Å². The molecule has 7 rings (SSSR count). The lowest BCUT2D eigenvalue weighted by Gasteiger charge is -2.31. The van der Waals surface area contributed by atoms with Crippen LogP contribution >= 0.6 is 21.6 Å². The van der Waals surface area contributed by atoms with Crippen molar-refractivity contribution in [3.8, 4) is 23.0 Å². The standard InChI is InChI=1S/C47H54N6O14S2/c1-26-16-34-43(56)51(45(58)66-25-28(3)68-69-40-13-12-29(22-48-40)53(60)61)32-20-38(36(62-7)18-30(32)41(54)49(34)23-26)64-14-10-9-11-15-65-39-21-33-31(19-37(39)63-8)42(55)50-24-27(2)17-35(50)44(57)52(33)46(59)67-47(4,5)6/h12-13,18-22,28,34-35,43,56H,1-2,9-11,14-17,23-25H2,3-8H3/t28-,34+,35+,43+/m1/s1. The lowest BCUT2D eigenvalue weighted by molar-refractivity contribution is -0.385. The zero-order valence-electron chi connectivity index (χ0n) is 39.1. The molecule has 0 spiro atoms. The Kier molecular flexibility index (Phi) is 15.3. The minimum absolute atomic E-state index is 0.0207. The van der Waals surface area contributed by atoms with Gasteiger partial charge in [0.15, 0.2) is 29.2 Å². The SMILES string of the molecule is C=C1C[C@H]2C(=O)N(C(=O)OC(C)(C)C)c3cc(OCCCCCOc4cc5c(cc4OC)C(=O)N4CC(=C)C[C@H]4[C@H](O)N5C(=O)OC[C@@H](C)SSc4ccc([N+](=O)[O-])cn4)c(OC)cc3C(=O)N2C1. The molecule has 0 bridgehead atoms. The first-order valence-corrected chi connectivity index (χ1v) is 24.3. The highest BCUT2D eigenvalue weighted by Crippen LogP contribution is 2.44. The number of anilines is 2. The number of fused-ring (bicyclic) bond motifs is 4. The fraction of sp³-hybridized carbons (Fsp3) is 0.447. The van der Waals surface area contributed by atoms with Crippen LogP contribution in [-0.2, 0) is 14.3 Å². The number of aliphatic hydroxyl groups excluding tert-OH is 1. The fourth-order valence-corrected chi connectivity index (χ4v) is 10.1. The van der Waals surface area contributed by atoms with Gasteiger partial charge in [0.05, 0.1) is 60.9 Å². The molecule has 4 aliphatic heterocycles. The summed E-state index contributed by atoms with van der Waals surface area (Å²) in [7, 11) is 5.44. The van der Waals surface area contributed by atoms with E-state index in [0.717, 1.165) is 16.0 Å². The van der Waals surface area contributed by atoms with Gasteiger partial charge in [-0.2, -0.15) is 0 Å². The van der Waals surface area contributed by atoms with Crippen molar-refractivity contribution in [2.45, 2.75) is 94.0 Å². The van der Waals surface area contributed by atoms with Gasteiger partial charge in [0, 0.05) is 36.5 Å². The van der Waals surface area contributed by atoms with Crippen LogP contribution in [0.1, 0.15) is 80.5 Å². The average Bonchev–Trinajstić information content (AvgIpc) is 3.87. The van der Waals surface area contributed by atoms with Crippen molar-refractivity contribution < 1.29 is 62.4 Å². The van der Waals surface area contributed by atoms with Crippen LogP contribution in [0.2, 0.25) is 0 Å². The highest BCUT2D eigenvalue weighted by atomic mass is 33.1. The zero-order valence-corrected chi connectivity index (χ0v) is 40.7. The predicted molar refractivity (Wildman–Crippen MR) is 255 cm³/mol. The monoisotopic (exact) mass is 990 g/mol. The van der Waals surface area contributed by atoms with Gasteiger partial charge in [-0.15, -0.1) is 0 Å². The van der Waals surface area contributed by atoms with Crippen molar-refractivity contribution in [2.75, 3.05) is 56.9 Å². The van der Waals surface area contributed by atoms with Crippen molar-refractivity contribution in [3.63, 3.8) is 0 Å². The Morgan fingerprint density at radius 2 is 1.46 bits per heavy atom. The van der Waals surface area contributed by atoms with Crippen LogP contribution in [-0.4, -0.2) is 131 Å². The summed E-state index contributed by atoms with van der Waals surface area (Å²) < 4.78 is 34.9. The summed E-state index contributed by atoms with van der Waals surface area (Å²) in [4.78, 5) is 88.8. The maximum Gasteiger partial charge on any atom is 0.421 e. The Bertz CT molecular complexity index is 2550. The minimum atomic E-state index is -1.50. The van der Waals surface area contributed by atoms with E-state index in [4.69, 9.17) is 28.4 Å². The largest absolute Gasteiger partial charge is 0.493 e. The van der Waals surface area contributed by atoms with Gasteiger partial charge in [0.25, 0.3) is 23.4 Å². The van der Waals surface area contributed by atoms with Crippen molar-refractivity contribution >= 4 is 68.6 Å². The average molecular weight is 991 g/mol. The highest BCUT2D eigenvalue weighted by molar-refractivity contribution is 8.76. The van der Waals surface area contributed by atoms with Gasteiger partial charge in [-0.1, -0.05) is 35.1 Å². The molecule has 2 fully saturated rings. The highest BCUT2D eigenvalue weighted by Gasteiger charge is 2.48. The number of nitrogens with zero attached hydrogens (tertiary/aromatic N) is 6. The molecule has 368 valence electrons. The van der Waals surface area contributed by atoms with E-state index in [1.807, 2.05) is 6.92 Å². The summed E-state index contributed by atoms with van der Waals surface area (Å²) in [5.41, 5.74) is 0.590. The number of benzene rings is 2. The van der Waals surface area contributed by atoms with E-state index in [9.17, 15) is 39.2 Å². The first-order valence-electron chi connectivity index (χ1n) is 22.1. The van der Waals surface area contributed by atoms with Gasteiger partial charge < -0.3 is 43.3 Å². The molecule has 1 aromatic heterocycles. The summed E-state index contributed by atoms with van der Waals surface area (Å²) in [5.74, 6) is -0.629. The second-order valence-electron chi connectivity index (χ2n) is 17.8. The van der Waals surface area contributed by atoms with E-state index in [2.05, 4.69) is 18.1 Å². The molecule has 5 amide bonds. The normalized spacial score (nSPS) is 19.2. The lowest BCUT2D eigenvalue weighted by atomic mass is 10.1. The Hall–Kier alpha value is -6.52. The number of pyridine rings is 1. The molecule has 3 aromatic rings. The van der Waals surface area contributed by atoms with Crippen LogP contribution in [0.15, 0.2) is 71.9 Å². The third kappa shape index (κ3) is 11.0. The summed E-state index contributed by atoms with van der Waals surface area (Å²) in [6.07, 6.45) is -0.0323. The van der Waals surface area contributed by atoms with Gasteiger partial charge in [0.2, 0.25) is 0 Å². The molecule has 4 aliphatic rings. The summed E-state index contributed by atoms with van der Waals surface area (Å²) in [5, 5.41) is 23.0. The van der Waals surface area contributed by atoms with Crippen molar-refractivity contribution in [3.05, 3.63) is 88.1 Å². The van der Waals surface area contributed by atoms with Crippen LogP contribution in [0.25, 0.3) is 0 Å². The van der Waals surface area contributed by atoms with E-state index in [-0.39, 0.29) is 102 Å². The van der Waals surface area contributed by atoms with Gasteiger partial charge in [-0.05, 0) is 88.8 Å². The first kappa shape index (κ1) is 50.4. The van der Waals surface area contributed by atoms with Gasteiger partial charge in [-0.3, -0.25) is 24.5 Å². The molecular formula is C47H54N6O14S2. The summed E-state index contributed by atoms with van der Waals surface area (Å²) in [6.45, 7) is 15.5. The van der Waals surface area contributed by atoms with E-state index in [1.165, 1.54) is 82.0 Å². The van der Waals surface area contributed by atoms with Gasteiger partial charge in [0.1, 0.15) is 29.5 Å². The molecule has 4 atom stereocenters. The predicted octanol–water partition coefficient (Wildman–Crippen LogP) is 7.56. The Morgan fingerprint density at radius 1 is 0.870 bits per heavy atom. The van der Waals surface area contributed by atoms with Crippen LogP contribution in [0.5, 0.6) is 23.0 Å². The second kappa shape index (κ2) is 21.0. The molecule has 0 saturated carbocycles. The molecule has 0 aliphatic carbocycles. The number of aliphatic hydroxyl groups is 1. The molecule has 22 heteroatoms. The maximum absolute atomic E-state index is 14.0. The van der Waals surface area contributed by atoms with Gasteiger partial charge >= 0.3 is 12.2 Å².